The van der Waals surface area contributed by atoms with Gasteiger partial charge in [0.2, 0.25) is 0 Å². The highest BCUT2D eigenvalue weighted by molar-refractivity contribution is 5.69. The number of rotatable bonds is 3. The summed E-state index contributed by atoms with van der Waals surface area (Å²) in [6.45, 7) is 1.13. The number of nitrogens with zero attached hydrogens (tertiary/aromatic N) is 1. The zero-order valence-corrected chi connectivity index (χ0v) is 12.4. The van der Waals surface area contributed by atoms with Crippen LogP contribution < -0.4 is 0 Å². The van der Waals surface area contributed by atoms with Gasteiger partial charge in [-0.3, -0.25) is 0 Å². The minimum absolute atomic E-state index is 0.0895. The number of ether oxygens (including phenoxy) is 3. The van der Waals surface area contributed by atoms with Crippen molar-refractivity contribution in [3.8, 4) is 0 Å². The molecule has 4 heteroatoms. The van der Waals surface area contributed by atoms with Gasteiger partial charge in [-0.15, -0.1) is 0 Å². The first-order valence-electron chi connectivity index (χ1n) is 7.42. The summed E-state index contributed by atoms with van der Waals surface area (Å²) in [5.41, 5.74) is 2.47. The largest absolute Gasteiger partial charge is 0.496 e. The first-order chi connectivity index (χ1) is 10.8. The fourth-order valence-electron chi connectivity index (χ4n) is 3.11. The van der Waals surface area contributed by atoms with Crippen molar-refractivity contribution in [3.05, 3.63) is 71.3 Å². The average molecular weight is 296 g/mol. The summed E-state index contributed by atoms with van der Waals surface area (Å²) in [6, 6.07) is 10.4. The maximum atomic E-state index is 5.62. The van der Waals surface area contributed by atoms with Crippen LogP contribution in [-0.4, -0.2) is 30.8 Å². The van der Waals surface area contributed by atoms with Crippen LogP contribution in [0.15, 0.2) is 65.8 Å². The van der Waals surface area contributed by atoms with Crippen molar-refractivity contribution in [2.45, 2.75) is 12.6 Å². The van der Waals surface area contributed by atoms with Gasteiger partial charge in [0.15, 0.2) is 37.3 Å². The molecule has 3 aliphatic rings. The second-order valence-electron chi connectivity index (χ2n) is 5.55. The zero-order chi connectivity index (χ0) is 14.9. The predicted octanol–water partition coefficient (Wildman–Crippen LogP) is 2.58. The summed E-state index contributed by atoms with van der Waals surface area (Å²) in [6.07, 6.45) is 8.42. The van der Waals surface area contributed by atoms with Crippen LogP contribution in [0.25, 0.3) is 0 Å². The molecule has 22 heavy (non-hydrogen) atoms. The highest BCUT2D eigenvalue weighted by Crippen LogP contribution is 2.36. The Morgan fingerprint density at radius 2 is 2.14 bits per heavy atom. The third-order valence-electron chi connectivity index (χ3n) is 4.18. The molecule has 0 amide bonds. The van der Waals surface area contributed by atoms with E-state index in [9.17, 15) is 0 Å². The van der Waals surface area contributed by atoms with E-state index in [0.29, 0.717) is 6.79 Å². The van der Waals surface area contributed by atoms with E-state index in [1.165, 1.54) is 11.1 Å². The van der Waals surface area contributed by atoms with Crippen molar-refractivity contribution >= 4 is 6.21 Å². The van der Waals surface area contributed by atoms with Gasteiger partial charge in [0, 0.05) is 11.6 Å². The molecule has 4 rings (SSSR count). The van der Waals surface area contributed by atoms with Crippen LogP contribution in [0.4, 0.5) is 0 Å². The van der Waals surface area contributed by atoms with Crippen LogP contribution in [0, 0.1) is 5.92 Å². The number of hydrogen-bond donors (Lipinski definition) is 0. The molecule has 0 radical (unpaired) electrons. The van der Waals surface area contributed by atoms with Gasteiger partial charge in [0.25, 0.3) is 0 Å². The molecule has 0 N–H and O–H groups in total. The fraction of sp³-hybridized carbons (Fsp3) is 0.278. The van der Waals surface area contributed by atoms with Crippen LogP contribution in [0.2, 0.25) is 0 Å². The molecule has 0 spiro atoms. The third-order valence-corrected chi connectivity index (χ3v) is 4.18. The second-order valence-corrected chi connectivity index (χ2v) is 5.55. The molecule has 4 nitrogen and oxygen atoms in total. The molecule has 112 valence electrons. The molecule has 0 saturated carbocycles. The number of methoxy groups -OCH3 is 1. The molecule has 0 aromatic heterocycles. The van der Waals surface area contributed by atoms with Crippen LogP contribution >= 0.6 is 0 Å². The van der Waals surface area contributed by atoms with Gasteiger partial charge >= 0.3 is 0 Å². The lowest BCUT2D eigenvalue weighted by Crippen LogP contribution is -2.27. The summed E-state index contributed by atoms with van der Waals surface area (Å²) in [7, 11) is 1.69. The van der Waals surface area contributed by atoms with E-state index in [4.69, 9.17) is 14.2 Å². The topological polar surface area (TPSA) is 30.7 Å². The quantitative estimate of drug-likeness (QED) is 0.803. The van der Waals surface area contributed by atoms with Gasteiger partial charge in [0.1, 0.15) is 12.0 Å². The van der Waals surface area contributed by atoms with Gasteiger partial charge in [-0.2, -0.15) is 0 Å². The molecular formula is C18H18NO3+. The number of allylic oxidation sites excluding steroid dienone is 2. The molecule has 1 fully saturated rings. The van der Waals surface area contributed by atoms with Gasteiger partial charge in [0.05, 0.1) is 7.11 Å². The Hall–Kier alpha value is -2.33. The van der Waals surface area contributed by atoms with Crippen molar-refractivity contribution in [2.24, 2.45) is 5.92 Å². The van der Waals surface area contributed by atoms with Crippen molar-refractivity contribution in [3.63, 3.8) is 0 Å². The lowest BCUT2D eigenvalue weighted by atomic mass is 9.88. The lowest BCUT2D eigenvalue weighted by molar-refractivity contribution is -0.472. The van der Waals surface area contributed by atoms with Gasteiger partial charge in [-0.05, 0) is 11.6 Å². The van der Waals surface area contributed by atoms with E-state index >= 15 is 0 Å². The second kappa shape index (κ2) is 5.46. The van der Waals surface area contributed by atoms with E-state index in [-0.39, 0.29) is 12.0 Å². The average Bonchev–Trinajstić information content (AvgIpc) is 3.01. The van der Waals surface area contributed by atoms with E-state index in [1.54, 1.807) is 7.11 Å². The lowest BCUT2D eigenvalue weighted by Gasteiger charge is -2.24. The Bertz CT molecular complexity index is 700. The molecular weight excluding hydrogens is 278 g/mol. The smallest absolute Gasteiger partial charge is 0.190 e. The van der Waals surface area contributed by atoms with Crippen molar-refractivity contribution in [2.75, 3.05) is 13.9 Å². The number of hydrogen-bond acceptors (Lipinski definition) is 3. The Labute approximate surface area is 129 Å². The molecule has 2 aliphatic heterocycles. The maximum Gasteiger partial charge on any atom is 0.190 e. The summed E-state index contributed by atoms with van der Waals surface area (Å²) in [5, 5.41) is 0. The maximum absolute atomic E-state index is 5.62. The minimum Gasteiger partial charge on any atom is -0.496 e. The summed E-state index contributed by atoms with van der Waals surface area (Å²) >= 11 is 0. The summed E-state index contributed by atoms with van der Waals surface area (Å²) in [4.78, 5) is 0. The number of benzene rings is 1. The first-order valence-corrected chi connectivity index (χ1v) is 7.42. The van der Waals surface area contributed by atoms with Gasteiger partial charge in [-0.25, -0.2) is 4.58 Å². The molecule has 1 saturated heterocycles. The molecule has 0 unspecified atom stereocenters. The molecule has 2 atom stereocenters. The molecule has 1 aliphatic carbocycles. The van der Waals surface area contributed by atoms with Crippen molar-refractivity contribution in [1.29, 1.82) is 0 Å². The van der Waals surface area contributed by atoms with E-state index in [2.05, 4.69) is 53.4 Å². The Balaban J connectivity index is 1.65. The third kappa shape index (κ3) is 2.25. The van der Waals surface area contributed by atoms with Crippen LogP contribution in [0.5, 0.6) is 0 Å². The molecule has 0 bridgehead atoms. The van der Waals surface area contributed by atoms with Crippen molar-refractivity contribution < 1.29 is 18.8 Å². The minimum atomic E-state index is -0.111. The Morgan fingerprint density at radius 1 is 1.27 bits per heavy atom. The SMILES string of the molecule is COC1=C2OCO[C@H]2C=C2C=C[N+](Cc3ccccc3)=C[C@@H]21. The standard InChI is InChI=1S/C18H18NO3/c1-20-17-15-11-19(10-13-5-3-2-4-6-13)8-7-14(15)9-16-18(17)22-12-21-16/h2-9,11,15-16H,10,12H2,1H3/q+1/t15-,16-/m0/s1. The molecule has 1 aromatic carbocycles. The predicted molar refractivity (Wildman–Crippen MR) is 82.0 cm³/mol. The van der Waals surface area contributed by atoms with Gasteiger partial charge in [-0.1, -0.05) is 30.3 Å². The summed E-state index contributed by atoms with van der Waals surface area (Å²) < 4.78 is 19.0. The summed E-state index contributed by atoms with van der Waals surface area (Å²) in [5.74, 6) is 1.75. The highest BCUT2D eigenvalue weighted by atomic mass is 16.7. The van der Waals surface area contributed by atoms with Crippen molar-refractivity contribution in [1.82, 2.24) is 0 Å². The normalized spacial score (nSPS) is 25.9. The van der Waals surface area contributed by atoms with E-state index in [0.717, 1.165) is 18.1 Å². The molecule has 2 heterocycles. The zero-order valence-electron chi connectivity index (χ0n) is 12.4. The Morgan fingerprint density at radius 3 is 2.95 bits per heavy atom. The monoisotopic (exact) mass is 296 g/mol. The fourth-order valence-corrected chi connectivity index (χ4v) is 3.11. The van der Waals surface area contributed by atoms with Crippen LogP contribution in [0.3, 0.4) is 0 Å². The first kappa shape index (κ1) is 13.3. The van der Waals surface area contributed by atoms with Crippen LogP contribution in [0.1, 0.15) is 5.56 Å². The number of fused-ring (bicyclic) bond motifs is 2. The van der Waals surface area contributed by atoms with Gasteiger partial charge < -0.3 is 14.2 Å². The molecule has 1 aromatic rings. The van der Waals surface area contributed by atoms with E-state index < -0.39 is 0 Å². The highest BCUT2D eigenvalue weighted by Gasteiger charge is 2.38. The van der Waals surface area contributed by atoms with Crippen LogP contribution in [-0.2, 0) is 20.8 Å². The Kier molecular flexibility index (Phi) is 3.31. The van der Waals surface area contributed by atoms with E-state index in [1.807, 2.05) is 6.07 Å².